The molecule has 2 heterocycles. The molecule has 0 aliphatic rings. The molecule has 0 aliphatic heterocycles. The van der Waals surface area contributed by atoms with Gasteiger partial charge in [0.15, 0.2) is 0 Å². The van der Waals surface area contributed by atoms with Crippen LogP contribution in [-0.2, 0) is 25.7 Å². The van der Waals surface area contributed by atoms with Gasteiger partial charge in [-0.2, -0.15) is 0 Å². The lowest BCUT2D eigenvalue weighted by Crippen LogP contribution is -1.98. The number of nitrogens with zero attached hydrogens (tertiary/aromatic N) is 2. The van der Waals surface area contributed by atoms with Gasteiger partial charge in [0.2, 0.25) is 0 Å². The predicted molar refractivity (Wildman–Crippen MR) is 99.2 cm³/mol. The van der Waals surface area contributed by atoms with E-state index in [9.17, 15) is 0 Å². The normalized spacial score (nSPS) is 10.8. The summed E-state index contributed by atoms with van der Waals surface area (Å²) in [6.45, 7) is 4.19. The van der Waals surface area contributed by atoms with Crippen LogP contribution in [0.25, 0.3) is 0 Å². The molecular formula is C22H24N2. The largest absolute Gasteiger partial charge is 0.261 e. The molecule has 0 unspecified atom stereocenters. The molecule has 0 spiro atoms. The lowest BCUT2D eigenvalue weighted by atomic mass is 10.0. The first kappa shape index (κ1) is 16.4. The van der Waals surface area contributed by atoms with Gasteiger partial charge in [-0.05, 0) is 68.4 Å². The zero-order chi connectivity index (χ0) is 16.8. The molecule has 2 heteroatoms. The molecule has 0 aliphatic carbocycles. The molecule has 0 N–H and O–H groups in total. The molecule has 24 heavy (non-hydrogen) atoms. The van der Waals surface area contributed by atoms with E-state index >= 15 is 0 Å². The first-order chi connectivity index (χ1) is 11.7. The number of aromatic nitrogens is 2. The molecular weight excluding hydrogens is 292 g/mol. The number of hydrogen-bond acceptors (Lipinski definition) is 2. The molecule has 3 rings (SSSR count). The molecule has 3 aromatic rings. The minimum Gasteiger partial charge on any atom is -0.261 e. The summed E-state index contributed by atoms with van der Waals surface area (Å²) in [5.41, 5.74) is 7.47. The van der Waals surface area contributed by atoms with E-state index in [1.54, 1.807) is 0 Å². The second-order valence-electron chi connectivity index (χ2n) is 6.47. The average Bonchev–Trinajstić information content (AvgIpc) is 2.62. The minimum atomic E-state index is 0.939. The van der Waals surface area contributed by atoms with Gasteiger partial charge in [-0.25, -0.2) is 0 Å². The topological polar surface area (TPSA) is 25.8 Å². The van der Waals surface area contributed by atoms with Crippen molar-refractivity contribution in [2.24, 2.45) is 0 Å². The summed E-state index contributed by atoms with van der Waals surface area (Å²) in [5.74, 6) is 0. The van der Waals surface area contributed by atoms with Crippen LogP contribution in [0.3, 0.4) is 0 Å². The average molecular weight is 316 g/mol. The van der Waals surface area contributed by atoms with Crippen LogP contribution >= 0.6 is 0 Å². The van der Waals surface area contributed by atoms with Crippen molar-refractivity contribution < 1.29 is 0 Å². The fraction of sp³-hybridized carbons (Fsp3) is 0.273. The molecule has 0 saturated carbocycles. The number of rotatable bonds is 6. The second-order valence-corrected chi connectivity index (χ2v) is 6.47. The monoisotopic (exact) mass is 316 g/mol. The Balaban J connectivity index is 1.51. The number of benzene rings is 1. The van der Waals surface area contributed by atoms with E-state index in [1.165, 1.54) is 22.3 Å². The Hall–Kier alpha value is -2.48. The third-order valence-corrected chi connectivity index (χ3v) is 4.32. The number of hydrogen-bond donors (Lipinski definition) is 0. The Morgan fingerprint density at radius 1 is 0.542 bits per heavy atom. The Bertz CT molecular complexity index is 688. The summed E-state index contributed by atoms with van der Waals surface area (Å²) in [6.07, 6.45) is 7.93. The van der Waals surface area contributed by atoms with Crippen molar-refractivity contribution in [2.45, 2.75) is 39.5 Å². The highest BCUT2D eigenvalue weighted by Crippen LogP contribution is 2.10. The third-order valence-electron chi connectivity index (χ3n) is 4.32. The van der Waals surface area contributed by atoms with Crippen molar-refractivity contribution in [3.8, 4) is 0 Å². The van der Waals surface area contributed by atoms with Crippen LogP contribution in [0.4, 0.5) is 0 Å². The van der Waals surface area contributed by atoms with Gasteiger partial charge >= 0.3 is 0 Å². The van der Waals surface area contributed by atoms with E-state index in [0.29, 0.717) is 0 Å². The van der Waals surface area contributed by atoms with Crippen LogP contribution in [-0.4, -0.2) is 9.97 Å². The van der Waals surface area contributed by atoms with Gasteiger partial charge < -0.3 is 0 Å². The van der Waals surface area contributed by atoms with Crippen molar-refractivity contribution in [2.75, 3.05) is 0 Å². The Morgan fingerprint density at radius 2 is 1.08 bits per heavy atom. The summed E-state index contributed by atoms with van der Waals surface area (Å²) in [7, 11) is 0. The van der Waals surface area contributed by atoms with Crippen LogP contribution in [0.1, 0.15) is 33.6 Å². The van der Waals surface area contributed by atoms with E-state index in [0.717, 1.165) is 37.1 Å². The van der Waals surface area contributed by atoms with E-state index in [-0.39, 0.29) is 0 Å². The second kappa shape index (κ2) is 7.87. The fourth-order valence-electron chi connectivity index (χ4n) is 2.70. The van der Waals surface area contributed by atoms with Crippen molar-refractivity contribution in [1.82, 2.24) is 9.97 Å². The van der Waals surface area contributed by atoms with Crippen molar-refractivity contribution in [1.29, 1.82) is 0 Å². The molecule has 0 bridgehead atoms. The number of pyridine rings is 2. The van der Waals surface area contributed by atoms with E-state index in [2.05, 4.69) is 72.3 Å². The summed E-state index contributed by atoms with van der Waals surface area (Å²) in [5, 5.41) is 0. The van der Waals surface area contributed by atoms with Gasteiger partial charge in [-0.1, -0.05) is 42.0 Å². The number of aryl methyl sites for hydroxylation is 6. The van der Waals surface area contributed by atoms with Gasteiger partial charge in [0.25, 0.3) is 0 Å². The highest BCUT2D eigenvalue weighted by Gasteiger charge is 2.01. The van der Waals surface area contributed by atoms with Gasteiger partial charge in [-0.3, -0.25) is 9.97 Å². The van der Waals surface area contributed by atoms with E-state index in [1.807, 2.05) is 12.4 Å². The Kier molecular flexibility index (Phi) is 5.37. The Morgan fingerprint density at radius 3 is 1.67 bits per heavy atom. The van der Waals surface area contributed by atoms with Crippen LogP contribution < -0.4 is 0 Å². The van der Waals surface area contributed by atoms with Crippen molar-refractivity contribution >= 4 is 0 Å². The standard InChI is InChI=1S/C22H24N2/c1-17-3-6-19(7-4-17)8-9-20-10-12-22(24-16-20)14-13-21-11-5-18(2)15-23-21/h3-7,10-12,15-16H,8-9,13-14H2,1-2H3. The van der Waals surface area contributed by atoms with Gasteiger partial charge in [0.1, 0.15) is 0 Å². The molecule has 2 aromatic heterocycles. The molecule has 1 aromatic carbocycles. The molecule has 0 fully saturated rings. The lowest BCUT2D eigenvalue weighted by Gasteiger charge is -2.05. The van der Waals surface area contributed by atoms with Crippen molar-refractivity contribution in [3.63, 3.8) is 0 Å². The Labute approximate surface area is 144 Å². The van der Waals surface area contributed by atoms with Crippen LogP contribution in [0, 0.1) is 13.8 Å². The summed E-state index contributed by atoms with van der Waals surface area (Å²) >= 11 is 0. The van der Waals surface area contributed by atoms with Crippen molar-refractivity contribution in [3.05, 3.63) is 94.6 Å². The SMILES string of the molecule is Cc1ccc(CCc2ccc(CCc3ccc(C)cn3)nc2)cc1. The van der Waals surface area contributed by atoms with Crippen LogP contribution in [0.5, 0.6) is 0 Å². The summed E-state index contributed by atoms with van der Waals surface area (Å²) in [4.78, 5) is 9.06. The minimum absolute atomic E-state index is 0.939. The maximum Gasteiger partial charge on any atom is 0.0407 e. The fourth-order valence-corrected chi connectivity index (χ4v) is 2.70. The smallest absolute Gasteiger partial charge is 0.0407 e. The molecule has 0 amide bonds. The molecule has 0 atom stereocenters. The maximum absolute atomic E-state index is 4.61. The highest BCUT2D eigenvalue weighted by molar-refractivity contribution is 5.23. The highest BCUT2D eigenvalue weighted by atomic mass is 14.7. The molecule has 0 radical (unpaired) electrons. The zero-order valence-corrected chi connectivity index (χ0v) is 14.5. The van der Waals surface area contributed by atoms with Gasteiger partial charge in [-0.15, -0.1) is 0 Å². The quantitative estimate of drug-likeness (QED) is 0.661. The summed E-state index contributed by atoms with van der Waals surface area (Å²) in [6, 6.07) is 17.4. The first-order valence-corrected chi connectivity index (χ1v) is 8.60. The van der Waals surface area contributed by atoms with Gasteiger partial charge in [0, 0.05) is 23.8 Å². The maximum atomic E-state index is 4.61. The van der Waals surface area contributed by atoms with Crippen LogP contribution in [0.2, 0.25) is 0 Å². The third kappa shape index (κ3) is 4.76. The zero-order valence-electron chi connectivity index (χ0n) is 14.5. The molecule has 0 saturated heterocycles. The van der Waals surface area contributed by atoms with Gasteiger partial charge in [0.05, 0.1) is 0 Å². The molecule has 2 nitrogen and oxygen atoms in total. The predicted octanol–water partition coefficient (Wildman–Crippen LogP) is 4.66. The van der Waals surface area contributed by atoms with E-state index in [4.69, 9.17) is 0 Å². The summed E-state index contributed by atoms with van der Waals surface area (Å²) < 4.78 is 0. The first-order valence-electron chi connectivity index (χ1n) is 8.60. The molecule has 122 valence electrons. The lowest BCUT2D eigenvalue weighted by molar-refractivity contribution is 0.868. The van der Waals surface area contributed by atoms with E-state index < -0.39 is 0 Å². The van der Waals surface area contributed by atoms with Crippen LogP contribution in [0.15, 0.2) is 60.9 Å².